The highest BCUT2D eigenvalue weighted by atomic mass is 32.2. The third-order valence-electron chi connectivity index (χ3n) is 3.11. The van der Waals surface area contributed by atoms with Crippen LogP contribution in [0.1, 0.15) is 12.8 Å². The quantitative estimate of drug-likeness (QED) is 0.894. The number of carboxylic acids is 1. The summed E-state index contributed by atoms with van der Waals surface area (Å²) < 4.78 is 25.8. The van der Waals surface area contributed by atoms with Gasteiger partial charge in [0.25, 0.3) is 0 Å². The first kappa shape index (κ1) is 13.0. The predicted octanol–water partition coefficient (Wildman–Crippen LogP) is 1.17. The molecule has 0 amide bonds. The Morgan fingerprint density at radius 2 is 1.94 bits per heavy atom. The van der Waals surface area contributed by atoms with Crippen LogP contribution in [0.25, 0.3) is 0 Å². The molecule has 2 rings (SSSR count). The van der Waals surface area contributed by atoms with E-state index in [1.54, 1.807) is 18.2 Å². The number of hydrogen-bond donors (Lipinski definition) is 1. The van der Waals surface area contributed by atoms with Gasteiger partial charge in [-0.3, -0.25) is 4.79 Å². The third kappa shape index (κ3) is 2.54. The Morgan fingerprint density at radius 1 is 1.28 bits per heavy atom. The van der Waals surface area contributed by atoms with Crippen molar-refractivity contribution in [2.45, 2.75) is 17.7 Å². The predicted molar refractivity (Wildman–Crippen MR) is 65.6 cm³/mol. The van der Waals surface area contributed by atoms with E-state index in [2.05, 4.69) is 0 Å². The summed E-state index contributed by atoms with van der Waals surface area (Å²) >= 11 is 0. The van der Waals surface area contributed by atoms with Gasteiger partial charge in [-0.05, 0) is 25.0 Å². The maximum Gasteiger partial charge on any atom is 0.307 e. The summed E-state index contributed by atoms with van der Waals surface area (Å²) in [6.07, 6.45) is 1.12. The zero-order valence-electron chi connectivity index (χ0n) is 9.82. The summed E-state index contributed by atoms with van der Waals surface area (Å²) in [7, 11) is -3.56. The van der Waals surface area contributed by atoms with E-state index in [0.717, 1.165) is 0 Å². The topological polar surface area (TPSA) is 74.7 Å². The second-order valence-corrected chi connectivity index (χ2v) is 6.29. The molecule has 1 saturated heterocycles. The lowest BCUT2D eigenvalue weighted by Crippen LogP contribution is -2.42. The summed E-state index contributed by atoms with van der Waals surface area (Å²) in [6.45, 7) is 0.452. The highest BCUT2D eigenvalue weighted by molar-refractivity contribution is 7.89. The van der Waals surface area contributed by atoms with Crippen LogP contribution < -0.4 is 0 Å². The molecule has 0 saturated carbocycles. The molecule has 0 spiro atoms. The van der Waals surface area contributed by atoms with Crippen molar-refractivity contribution in [1.82, 2.24) is 4.31 Å². The molecule has 0 radical (unpaired) electrons. The highest BCUT2D eigenvalue weighted by Gasteiger charge is 2.32. The molecule has 1 aromatic carbocycles. The lowest BCUT2D eigenvalue weighted by atomic mass is 10.0. The van der Waals surface area contributed by atoms with Gasteiger partial charge in [0.15, 0.2) is 0 Å². The van der Waals surface area contributed by atoms with Gasteiger partial charge in [0, 0.05) is 13.1 Å². The Bertz CT molecular complexity index is 526. The first-order valence-electron chi connectivity index (χ1n) is 5.80. The van der Waals surface area contributed by atoms with E-state index >= 15 is 0 Å². The van der Waals surface area contributed by atoms with E-state index in [0.29, 0.717) is 19.4 Å². The van der Waals surface area contributed by atoms with E-state index in [9.17, 15) is 13.2 Å². The van der Waals surface area contributed by atoms with Gasteiger partial charge in [0.1, 0.15) is 0 Å². The van der Waals surface area contributed by atoms with Gasteiger partial charge in [-0.15, -0.1) is 0 Å². The summed E-state index contributed by atoms with van der Waals surface area (Å²) in [5.41, 5.74) is 0. The molecule has 0 aliphatic carbocycles. The van der Waals surface area contributed by atoms with E-state index in [-0.39, 0.29) is 11.4 Å². The summed E-state index contributed by atoms with van der Waals surface area (Å²) in [4.78, 5) is 11.2. The average molecular weight is 269 g/mol. The molecule has 98 valence electrons. The number of piperidine rings is 1. The fourth-order valence-electron chi connectivity index (χ4n) is 2.10. The van der Waals surface area contributed by atoms with E-state index in [1.165, 1.54) is 16.4 Å². The molecule has 0 aromatic heterocycles. The van der Waals surface area contributed by atoms with Gasteiger partial charge < -0.3 is 5.11 Å². The second kappa shape index (κ2) is 5.07. The highest BCUT2D eigenvalue weighted by Crippen LogP contribution is 2.23. The Morgan fingerprint density at radius 3 is 2.56 bits per heavy atom. The first-order valence-corrected chi connectivity index (χ1v) is 7.24. The Labute approximate surface area is 106 Å². The molecule has 1 unspecified atom stereocenters. The van der Waals surface area contributed by atoms with Gasteiger partial charge in [-0.2, -0.15) is 4.31 Å². The van der Waals surface area contributed by atoms with Crippen molar-refractivity contribution in [3.63, 3.8) is 0 Å². The van der Waals surface area contributed by atoms with Crippen LogP contribution in [0.15, 0.2) is 35.2 Å². The van der Waals surface area contributed by atoms with Crippen molar-refractivity contribution < 1.29 is 18.3 Å². The molecule has 1 aliphatic heterocycles. The molecule has 1 aliphatic rings. The number of sulfonamides is 1. The Hall–Kier alpha value is -1.40. The fraction of sp³-hybridized carbons (Fsp3) is 0.417. The van der Waals surface area contributed by atoms with Crippen LogP contribution in [0.4, 0.5) is 0 Å². The van der Waals surface area contributed by atoms with Crippen molar-refractivity contribution in [2.75, 3.05) is 13.1 Å². The van der Waals surface area contributed by atoms with Gasteiger partial charge in [0.05, 0.1) is 10.8 Å². The van der Waals surface area contributed by atoms with E-state index in [1.807, 2.05) is 0 Å². The molecule has 1 fully saturated rings. The second-order valence-electron chi connectivity index (χ2n) is 4.35. The molecule has 1 heterocycles. The smallest absolute Gasteiger partial charge is 0.307 e. The third-order valence-corrected chi connectivity index (χ3v) is 4.99. The van der Waals surface area contributed by atoms with E-state index < -0.39 is 21.9 Å². The van der Waals surface area contributed by atoms with Crippen LogP contribution in [0.2, 0.25) is 0 Å². The Kier molecular flexibility index (Phi) is 3.68. The molecular weight excluding hydrogens is 254 g/mol. The van der Waals surface area contributed by atoms with Crippen LogP contribution >= 0.6 is 0 Å². The summed E-state index contributed by atoms with van der Waals surface area (Å²) in [5, 5.41) is 8.97. The standard InChI is InChI=1S/C12H15NO4S/c14-12(15)10-5-4-8-13(9-10)18(16,17)11-6-2-1-3-7-11/h1-3,6-7,10H,4-5,8-9H2,(H,14,15). The molecule has 1 N–H and O–H groups in total. The SMILES string of the molecule is O=C(O)C1CCCN(S(=O)(=O)c2ccccc2)C1. The number of aliphatic carboxylic acids is 1. The van der Waals surface area contributed by atoms with Gasteiger partial charge in [-0.1, -0.05) is 18.2 Å². The van der Waals surface area contributed by atoms with Gasteiger partial charge >= 0.3 is 5.97 Å². The fourth-order valence-corrected chi connectivity index (χ4v) is 3.65. The van der Waals surface area contributed by atoms with Crippen molar-refractivity contribution in [3.05, 3.63) is 30.3 Å². The largest absolute Gasteiger partial charge is 0.481 e. The van der Waals surface area contributed by atoms with Gasteiger partial charge in [0.2, 0.25) is 10.0 Å². The first-order chi connectivity index (χ1) is 8.51. The molecule has 0 bridgehead atoms. The minimum absolute atomic E-state index is 0.0621. The molecule has 6 heteroatoms. The number of rotatable bonds is 3. The molecule has 18 heavy (non-hydrogen) atoms. The minimum Gasteiger partial charge on any atom is -0.481 e. The van der Waals surface area contributed by atoms with Crippen molar-refractivity contribution in [3.8, 4) is 0 Å². The molecule has 1 atom stereocenters. The number of benzene rings is 1. The number of nitrogens with zero attached hydrogens (tertiary/aromatic N) is 1. The minimum atomic E-state index is -3.56. The zero-order valence-corrected chi connectivity index (χ0v) is 10.6. The van der Waals surface area contributed by atoms with Crippen molar-refractivity contribution >= 4 is 16.0 Å². The monoisotopic (exact) mass is 269 g/mol. The van der Waals surface area contributed by atoms with E-state index in [4.69, 9.17) is 5.11 Å². The van der Waals surface area contributed by atoms with Crippen LogP contribution in [0.5, 0.6) is 0 Å². The van der Waals surface area contributed by atoms with Crippen molar-refractivity contribution in [2.24, 2.45) is 5.92 Å². The summed E-state index contributed by atoms with van der Waals surface area (Å²) in [6, 6.07) is 8.12. The van der Waals surface area contributed by atoms with Crippen molar-refractivity contribution in [1.29, 1.82) is 0 Å². The lowest BCUT2D eigenvalue weighted by Gasteiger charge is -2.29. The maximum absolute atomic E-state index is 12.3. The molecular formula is C12H15NO4S. The Balaban J connectivity index is 2.23. The molecule has 5 nitrogen and oxygen atoms in total. The number of carboxylic acid groups (broad SMARTS) is 1. The summed E-state index contributed by atoms with van der Waals surface area (Å²) in [5.74, 6) is -1.53. The normalized spacial score (nSPS) is 21.7. The zero-order chi connectivity index (χ0) is 13.2. The van der Waals surface area contributed by atoms with Crippen LogP contribution in [-0.4, -0.2) is 36.9 Å². The lowest BCUT2D eigenvalue weighted by molar-refractivity contribution is -0.142. The number of carbonyl (C=O) groups is 1. The molecule has 1 aromatic rings. The number of hydrogen-bond acceptors (Lipinski definition) is 3. The van der Waals surface area contributed by atoms with Gasteiger partial charge in [-0.25, -0.2) is 8.42 Å². The van der Waals surface area contributed by atoms with Crippen LogP contribution in [0.3, 0.4) is 0 Å². The van der Waals surface area contributed by atoms with Crippen LogP contribution in [0, 0.1) is 5.92 Å². The average Bonchev–Trinajstić information content (AvgIpc) is 2.40. The maximum atomic E-state index is 12.3. The van der Waals surface area contributed by atoms with Crippen LogP contribution in [-0.2, 0) is 14.8 Å².